The molecule has 32 heavy (non-hydrogen) atoms. The fourth-order valence-electron chi connectivity index (χ4n) is 10.4. The molecule has 5 nitrogen and oxygen atoms in total. The van der Waals surface area contributed by atoms with Gasteiger partial charge in [-0.1, -0.05) is 27.7 Å². The van der Waals surface area contributed by atoms with Gasteiger partial charge in [0.1, 0.15) is 6.10 Å². The lowest BCUT2D eigenvalue weighted by Crippen LogP contribution is -2.59. The summed E-state index contributed by atoms with van der Waals surface area (Å²) in [6.45, 7) is 9.98. The minimum atomic E-state index is -0.824. The molecule has 1 spiro atoms. The Balaban J connectivity index is 1.29. The minimum absolute atomic E-state index is 0.146. The highest BCUT2D eigenvalue weighted by Crippen LogP contribution is 2.71. The molecule has 6 fully saturated rings. The predicted molar refractivity (Wildman–Crippen MR) is 121 cm³/mol. The van der Waals surface area contributed by atoms with Gasteiger partial charge in [0, 0.05) is 5.92 Å². The summed E-state index contributed by atoms with van der Waals surface area (Å²) in [5, 5.41) is 32.6. The summed E-state index contributed by atoms with van der Waals surface area (Å²) < 4.78 is 13.0. The Morgan fingerprint density at radius 1 is 0.812 bits per heavy atom. The molecule has 14 atom stereocenters. The van der Waals surface area contributed by atoms with E-state index in [0.29, 0.717) is 36.2 Å². The van der Waals surface area contributed by atoms with Crippen molar-refractivity contribution < 1.29 is 24.8 Å². The first-order valence-electron chi connectivity index (χ1n) is 13.5. The van der Waals surface area contributed by atoms with E-state index in [1.165, 1.54) is 12.8 Å². The number of rotatable bonds is 0. The third kappa shape index (κ3) is 2.75. The molecule has 6 rings (SSSR count). The minimum Gasteiger partial charge on any atom is -0.393 e. The maximum Gasteiger partial charge on any atom is 0.197 e. The van der Waals surface area contributed by atoms with Gasteiger partial charge in [-0.15, -0.1) is 0 Å². The van der Waals surface area contributed by atoms with Gasteiger partial charge in [-0.2, -0.15) is 0 Å². The molecule has 5 heteroatoms. The van der Waals surface area contributed by atoms with Crippen LogP contribution in [0.2, 0.25) is 0 Å². The normalized spacial score (nSPS) is 64.0. The van der Waals surface area contributed by atoms with Crippen molar-refractivity contribution in [3.05, 3.63) is 0 Å². The van der Waals surface area contributed by atoms with E-state index < -0.39 is 11.9 Å². The highest BCUT2D eigenvalue weighted by Gasteiger charge is 2.71. The average Bonchev–Trinajstić information content (AvgIpc) is 3.18. The number of aliphatic hydroxyl groups is 3. The SMILES string of the molecule is C[C@@H]1CO[C@]2(O[C@H]3C[C@H]4[C@@H]5C[C@H](O)[C@H]6C[C@@H](O)CC[C@]6(C)[C@H]5CC[C@]4(C)[C@H]3[C@@H]2C)[C@H](O)C1. The van der Waals surface area contributed by atoms with Crippen LogP contribution in [0.5, 0.6) is 0 Å². The Morgan fingerprint density at radius 2 is 1.56 bits per heavy atom. The van der Waals surface area contributed by atoms with Crippen LogP contribution in [-0.4, -0.2) is 52.1 Å². The molecule has 0 aromatic heterocycles. The van der Waals surface area contributed by atoms with E-state index in [1.807, 2.05) is 0 Å². The molecule has 2 saturated heterocycles. The van der Waals surface area contributed by atoms with Crippen LogP contribution in [0.1, 0.15) is 79.1 Å². The van der Waals surface area contributed by atoms with E-state index in [-0.39, 0.29) is 41.0 Å². The molecule has 0 aromatic carbocycles. The lowest BCUT2D eigenvalue weighted by molar-refractivity contribution is -0.316. The highest BCUT2D eigenvalue weighted by atomic mass is 16.7. The van der Waals surface area contributed by atoms with E-state index in [9.17, 15) is 15.3 Å². The second-order valence-corrected chi connectivity index (χ2v) is 13.4. The molecule has 0 radical (unpaired) electrons. The highest BCUT2D eigenvalue weighted by molar-refractivity contribution is 5.17. The van der Waals surface area contributed by atoms with E-state index in [2.05, 4.69) is 27.7 Å². The molecule has 0 bridgehead atoms. The number of aliphatic hydroxyl groups excluding tert-OH is 3. The largest absolute Gasteiger partial charge is 0.393 e. The van der Waals surface area contributed by atoms with Crippen molar-refractivity contribution in [2.45, 2.75) is 109 Å². The van der Waals surface area contributed by atoms with Crippen molar-refractivity contribution in [2.75, 3.05) is 6.61 Å². The number of hydrogen-bond donors (Lipinski definition) is 3. The van der Waals surface area contributed by atoms with Crippen LogP contribution < -0.4 is 0 Å². The zero-order chi connectivity index (χ0) is 22.6. The van der Waals surface area contributed by atoms with Crippen molar-refractivity contribution >= 4 is 0 Å². The molecule has 3 N–H and O–H groups in total. The molecular weight excluding hydrogens is 404 g/mol. The molecule has 2 heterocycles. The standard InChI is InChI=1S/C27H44O5/c1-14-9-23(30)27(31-13-14)15(2)24-22(32-27)12-19-17-11-21(29)20-10-16(28)5-7-25(20,3)18(17)6-8-26(19,24)4/h14-24,28-30H,5-13H2,1-4H3/t14-,15-,16-,17+,18-,19-,20+,21-,22-,23+,24-,25+,26-,27+/m0/s1. The van der Waals surface area contributed by atoms with E-state index in [0.717, 1.165) is 38.5 Å². The Morgan fingerprint density at radius 3 is 2.31 bits per heavy atom. The maximum atomic E-state index is 11.2. The van der Waals surface area contributed by atoms with Crippen LogP contribution in [0.4, 0.5) is 0 Å². The van der Waals surface area contributed by atoms with Crippen LogP contribution in [0.25, 0.3) is 0 Å². The molecule has 0 amide bonds. The lowest BCUT2D eigenvalue weighted by Gasteiger charge is -2.62. The first kappa shape index (κ1) is 22.3. The van der Waals surface area contributed by atoms with Crippen LogP contribution >= 0.6 is 0 Å². The molecule has 4 saturated carbocycles. The maximum absolute atomic E-state index is 11.2. The molecule has 4 aliphatic carbocycles. The third-order valence-electron chi connectivity index (χ3n) is 11.9. The van der Waals surface area contributed by atoms with Gasteiger partial charge in [-0.3, -0.25) is 0 Å². The summed E-state index contributed by atoms with van der Waals surface area (Å²) in [6, 6.07) is 0. The van der Waals surface area contributed by atoms with Crippen LogP contribution in [0.3, 0.4) is 0 Å². The summed E-state index contributed by atoms with van der Waals surface area (Å²) in [6.07, 6.45) is 6.86. The van der Waals surface area contributed by atoms with Gasteiger partial charge in [0.15, 0.2) is 5.79 Å². The van der Waals surface area contributed by atoms with Gasteiger partial charge in [-0.25, -0.2) is 0 Å². The van der Waals surface area contributed by atoms with Gasteiger partial charge in [0.2, 0.25) is 0 Å². The summed E-state index contributed by atoms with van der Waals surface area (Å²) in [5.41, 5.74) is 0.324. The van der Waals surface area contributed by atoms with Crippen molar-refractivity contribution in [2.24, 2.45) is 52.3 Å². The van der Waals surface area contributed by atoms with Crippen molar-refractivity contribution in [1.82, 2.24) is 0 Å². The van der Waals surface area contributed by atoms with E-state index in [4.69, 9.17) is 9.47 Å². The van der Waals surface area contributed by atoms with Crippen molar-refractivity contribution in [3.63, 3.8) is 0 Å². The molecule has 0 unspecified atom stereocenters. The second kappa shape index (κ2) is 7.16. The summed E-state index contributed by atoms with van der Waals surface area (Å²) in [7, 11) is 0. The third-order valence-corrected chi connectivity index (χ3v) is 11.9. The molecular formula is C27H44O5. The average molecular weight is 449 g/mol. The molecule has 182 valence electrons. The Hall–Kier alpha value is -0.200. The Bertz CT molecular complexity index is 758. The van der Waals surface area contributed by atoms with Gasteiger partial charge in [-0.05, 0) is 97.7 Å². The van der Waals surface area contributed by atoms with Crippen molar-refractivity contribution in [1.29, 1.82) is 0 Å². The lowest BCUT2D eigenvalue weighted by atomic mass is 9.43. The second-order valence-electron chi connectivity index (χ2n) is 13.4. The zero-order valence-electron chi connectivity index (χ0n) is 20.4. The van der Waals surface area contributed by atoms with E-state index in [1.54, 1.807) is 0 Å². The topological polar surface area (TPSA) is 79.2 Å². The first-order valence-corrected chi connectivity index (χ1v) is 13.5. The van der Waals surface area contributed by atoms with Gasteiger partial charge < -0.3 is 24.8 Å². The molecule has 6 aliphatic rings. The quantitative estimate of drug-likeness (QED) is 0.526. The zero-order valence-corrected chi connectivity index (χ0v) is 20.4. The predicted octanol–water partition coefficient (Wildman–Crippen LogP) is 3.74. The van der Waals surface area contributed by atoms with Gasteiger partial charge in [0.25, 0.3) is 0 Å². The number of hydrogen-bond acceptors (Lipinski definition) is 5. The van der Waals surface area contributed by atoms with Gasteiger partial charge >= 0.3 is 0 Å². The van der Waals surface area contributed by atoms with Gasteiger partial charge in [0.05, 0.1) is 24.9 Å². The van der Waals surface area contributed by atoms with E-state index >= 15 is 0 Å². The summed E-state index contributed by atoms with van der Waals surface area (Å²) in [4.78, 5) is 0. The molecule has 2 aliphatic heterocycles. The molecule has 0 aromatic rings. The van der Waals surface area contributed by atoms with Crippen molar-refractivity contribution in [3.8, 4) is 0 Å². The Kier molecular flexibility index (Phi) is 4.99. The number of fused-ring (bicyclic) bond motifs is 7. The monoisotopic (exact) mass is 448 g/mol. The smallest absolute Gasteiger partial charge is 0.197 e. The Labute approximate surface area is 193 Å². The van der Waals surface area contributed by atoms with Crippen LogP contribution in [0.15, 0.2) is 0 Å². The number of ether oxygens (including phenoxy) is 2. The summed E-state index contributed by atoms with van der Waals surface area (Å²) in [5.74, 6) is 2.12. The van der Waals surface area contributed by atoms with Crippen LogP contribution in [0, 0.1) is 52.3 Å². The summed E-state index contributed by atoms with van der Waals surface area (Å²) >= 11 is 0. The fraction of sp³-hybridized carbons (Fsp3) is 1.00. The van der Waals surface area contributed by atoms with Crippen LogP contribution in [-0.2, 0) is 9.47 Å². The first-order chi connectivity index (χ1) is 15.1. The fourth-order valence-corrected chi connectivity index (χ4v) is 10.4.